The Hall–Kier alpha value is -1.67. The molecule has 1 saturated heterocycles. The van der Waals surface area contributed by atoms with Gasteiger partial charge in [0.1, 0.15) is 5.75 Å². The summed E-state index contributed by atoms with van der Waals surface area (Å²) in [6.07, 6.45) is 0.350. The van der Waals surface area contributed by atoms with Gasteiger partial charge in [-0.05, 0) is 42.5 Å². The Morgan fingerprint density at radius 3 is 2.61 bits per heavy atom. The van der Waals surface area contributed by atoms with Gasteiger partial charge in [0.05, 0.1) is 35.9 Å². The zero-order valence-electron chi connectivity index (χ0n) is 17.6. The highest BCUT2D eigenvalue weighted by atomic mass is 35.5. The summed E-state index contributed by atoms with van der Waals surface area (Å²) >= 11 is 15.2. The van der Waals surface area contributed by atoms with Crippen LogP contribution >= 0.6 is 35.0 Å². The van der Waals surface area contributed by atoms with Gasteiger partial charge < -0.3 is 19.4 Å². The van der Waals surface area contributed by atoms with Crippen LogP contribution in [0, 0.1) is 12.8 Å². The molecule has 1 amide bonds. The number of nitrogens with zero attached hydrogens (tertiary/aromatic N) is 1. The first-order valence-electron chi connectivity index (χ1n) is 10.0. The Bertz CT molecular complexity index is 1080. The van der Waals surface area contributed by atoms with Crippen molar-refractivity contribution in [1.29, 1.82) is 0 Å². The lowest BCUT2D eigenvalue weighted by molar-refractivity contribution is 0.0636. The fraction of sp³-hybridized carbons (Fsp3) is 0.455. The van der Waals surface area contributed by atoms with E-state index in [1.54, 1.807) is 25.0 Å². The van der Waals surface area contributed by atoms with Crippen LogP contribution in [-0.2, 0) is 17.7 Å². The van der Waals surface area contributed by atoms with Crippen LogP contribution in [0.15, 0.2) is 16.9 Å². The molecule has 0 aliphatic carbocycles. The average Bonchev–Trinajstić information content (AvgIpc) is 2.70. The van der Waals surface area contributed by atoms with Crippen molar-refractivity contribution >= 4 is 40.9 Å². The molecule has 0 radical (unpaired) electrons. The number of aromatic amines is 1. The van der Waals surface area contributed by atoms with Gasteiger partial charge in [-0.25, -0.2) is 0 Å². The van der Waals surface area contributed by atoms with E-state index in [2.05, 4.69) is 4.98 Å². The minimum Gasteiger partial charge on any atom is -0.496 e. The molecule has 4 rings (SSSR count). The Morgan fingerprint density at radius 2 is 2.00 bits per heavy atom. The SMILES string of the molecule is COc1cc(C)[nH]c(=O)c1CN1CCc2c(Cl)cc([C@H](OC)C3CSC3)c(Cl)c2C1=O. The van der Waals surface area contributed by atoms with Crippen molar-refractivity contribution in [2.45, 2.75) is 26.0 Å². The minimum absolute atomic E-state index is 0.127. The first-order chi connectivity index (χ1) is 14.8. The molecule has 1 fully saturated rings. The third-order valence-corrected chi connectivity index (χ3v) is 8.00. The van der Waals surface area contributed by atoms with Gasteiger partial charge >= 0.3 is 0 Å². The van der Waals surface area contributed by atoms with Crippen LogP contribution in [0.1, 0.15) is 38.8 Å². The van der Waals surface area contributed by atoms with E-state index in [1.807, 2.05) is 17.8 Å². The molecule has 166 valence electrons. The number of hydrogen-bond donors (Lipinski definition) is 1. The number of methoxy groups -OCH3 is 2. The van der Waals surface area contributed by atoms with E-state index in [0.29, 0.717) is 51.5 Å². The predicted molar refractivity (Wildman–Crippen MR) is 124 cm³/mol. The maximum atomic E-state index is 13.5. The number of pyridine rings is 1. The van der Waals surface area contributed by atoms with Gasteiger partial charge in [0.25, 0.3) is 11.5 Å². The smallest absolute Gasteiger partial charge is 0.256 e. The molecule has 0 bridgehead atoms. The number of halogens is 2. The topological polar surface area (TPSA) is 71.6 Å². The molecule has 1 aromatic carbocycles. The molecule has 3 heterocycles. The number of carbonyl (C=O) groups is 1. The number of aryl methyl sites for hydroxylation is 1. The number of rotatable bonds is 6. The summed E-state index contributed by atoms with van der Waals surface area (Å²) in [4.78, 5) is 30.4. The summed E-state index contributed by atoms with van der Waals surface area (Å²) < 4.78 is 11.1. The van der Waals surface area contributed by atoms with E-state index in [4.69, 9.17) is 32.7 Å². The van der Waals surface area contributed by atoms with Crippen molar-refractivity contribution in [2.75, 3.05) is 32.3 Å². The minimum atomic E-state index is -0.268. The van der Waals surface area contributed by atoms with Crippen LogP contribution in [0.25, 0.3) is 0 Å². The summed E-state index contributed by atoms with van der Waals surface area (Å²) in [5, 5.41) is 0.921. The van der Waals surface area contributed by atoms with Gasteiger partial charge in [-0.15, -0.1) is 0 Å². The number of aromatic nitrogens is 1. The van der Waals surface area contributed by atoms with E-state index in [-0.39, 0.29) is 24.1 Å². The first-order valence-corrected chi connectivity index (χ1v) is 11.9. The molecule has 6 nitrogen and oxygen atoms in total. The fourth-order valence-corrected chi connectivity index (χ4v) is 5.75. The molecular formula is C22H24Cl2N2O4S. The van der Waals surface area contributed by atoms with Crippen LogP contribution < -0.4 is 10.3 Å². The maximum Gasteiger partial charge on any atom is 0.256 e. The second-order valence-electron chi connectivity index (χ2n) is 7.87. The summed E-state index contributed by atoms with van der Waals surface area (Å²) in [6, 6.07) is 3.59. The van der Waals surface area contributed by atoms with Crippen LogP contribution in [-0.4, -0.2) is 48.1 Å². The Morgan fingerprint density at radius 1 is 1.26 bits per heavy atom. The molecule has 9 heteroatoms. The van der Waals surface area contributed by atoms with Crippen LogP contribution in [0.3, 0.4) is 0 Å². The van der Waals surface area contributed by atoms with Gasteiger partial charge in [-0.1, -0.05) is 23.2 Å². The van der Waals surface area contributed by atoms with Crippen molar-refractivity contribution in [3.05, 3.63) is 60.5 Å². The molecule has 1 aromatic heterocycles. The Balaban J connectivity index is 1.71. The second-order valence-corrected chi connectivity index (χ2v) is 9.73. The number of hydrogen-bond acceptors (Lipinski definition) is 5. The molecule has 2 aliphatic heterocycles. The summed E-state index contributed by atoms with van der Waals surface area (Å²) in [7, 11) is 3.17. The van der Waals surface area contributed by atoms with Crippen molar-refractivity contribution in [2.24, 2.45) is 5.92 Å². The summed E-state index contributed by atoms with van der Waals surface area (Å²) in [6.45, 7) is 2.35. The van der Waals surface area contributed by atoms with Crippen molar-refractivity contribution in [3.63, 3.8) is 0 Å². The first kappa shape index (κ1) is 22.5. The molecule has 0 saturated carbocycles. The number of amides is 1. The molecule has 2 aromatic rings. The van der Waals surface area contributed by atoms with E-state index in [9.17, 15) is 9.59 Å². The third kappa shape index (κ3) is 4.09. The van der Waals surface area contributed by atoms with Crippen LogP contribution in [0.2, 0.25) is 10.0 Å². The lowest BCUT2D eigenvalue weighted by atomic mass is 9.91. The van der Waals surface area contributed by atoms with Crippen molar-refractivity contribution in [3.8, 4) is 5.75 Å². The third-order valence-electron chi connectivity index (χ3n) is 5.93. The van der Waals surface area contributed by atoms with Gasteiger partial charge in [-0.3, -0.25) is 9.59 Å². The Kier molecular flexibility index (Phi) is 6.58. The van der Waals surface area contributed by atoms with Crippen LogP contribution in [0.5, 0.6) is 5.75 Å². The highest BCUT2D eigenvalue weighted by Gasteiger charge is 2.36. The zero-order valence-corrected chi connectivity index (χ0v) is 19.9. The monoisotopic (exact) mass is 482 g/mol. The molecule has 1 N–H and O–H groups in total. The fourth-order valence-electron chi connectivity index (χ4n) is 4.23. The summed E-state index contributed by atoms with van der Waals surface area (Å²) in [5.41, 5.74) is 2.74. The molecule has 31 heavy (non-hydrogen) atoms. The van der Waals surface area contributed by atoms with Crippen molar-refractivity contribution < 1.29 is 14.3 Å². The molecule has 0 spiro atoms. The number of nitrogens with one attached hydrogen (secondary N) is 1. The van der Waals surface area contributed by atoms with E-state index in [1.165, 1.54) is 7.11 Å². The standard InChI is InChI=1S/C22H24Cl2N2O4S/c1-11-6-17(29-2)15(21(27)25-11)8-26-5-4-13-16(23)7-14(19(24)18(13)22(26)28)20(30-3)12-9-31-10-12/h6-7,12,20H,4-5,8-10H2,1-3H3,(H,25,27)/t20-/m1/s1. The highest BCUT2D eigenvalue weighted by molar-refractivity contribution is 8.00. The largest absolute Gasteiger partial charge is 0.496 e. The maximum absolute atomic E-state index is 13.5. The lowest BCUT2D eigenvalue weighted by Crippen LogP contribution is -2.39. The number of benzene rings is 1. The summed E-state index contributed by atoms with van der Waals surface area (Å²) in [5.74, 6) is 2.53. The van der Waals surface area contributed by atoms with E-state index in [0.717, 1.165) is 22.6 Å². The van der Waals surface area contributed by atoms with Crippen LogP contribution in [0.4, 0.5) is 0 Å². The van der Waals surface area contributed by atoms with Crippen molar-refractivity contribution in [1.82, 2.24) is 9.88 Å². The number of H-pyrrole nitrogens is 1. The van der Waals surface area contributed by atoms with Gasteiger partial charge in [0, 0.05) is 35.9 Å². The predicted octanol–water partition coefficient (Wildman–Crippen LogP) is 4.25. The molecule has 0 unspecified atom stereocenters. The number of carbonyl (C=O) groups excluding carboxylic acids is 1. The highest BCUT2D eigenvalue weighted by Crippen LogP contribution is 2.44. The normalized spacial score (nSPS) is 17.3. The van der Waals surface area contributed by atoms with E-state index >= 15 is 0 Å². The molecular weight excluding hydrogens is 459 g/mol. The average molecular weight is 483 g/mol. The number of thioether (sulfide) groups is 1. The number of ether oxygens (including phenoxy) is 2. The number of fused-ring (bicyclic) bond motifs is 1. The van der Waals surface area contributed by atoms with E-state index < -0.39 is 0 Å². The second kappa shape index (κ2) is 9.06. The molecule has 2 aliphatic rings. The lowest BCUT2D eigenvalue weighted by Gasteiger charge is -2.35. The zero-order chi connectivity index (χ0) is 22.3. The van der Waals surface area contributed by atoms with Gasteiger partial charge in [-0.2, -0.15) is 11.8 Å². The molecule has 1 atom stereocenters. The van der Waals surface area contributed by atoms with Gasteiger partial charge in [0.2, 0.25) is 0 Å². The van der Waals surface area contributed by atoms with Gasteiger partial charge in [0.15, 0.2) is 0 Å². The quantitative estimate of drug-likeness (QED) is 0.666. The Labute approximate surface area is 195 Å².